The third-order valence-electron chi connectivity index (χ3n) is 3.93. The van der Waals surface area contributed by atoms with Crippen LogP contribution in [0.15, 0.2) is 30.6 Å². The van der Waals surface area contributed by atoms with Crippen LogP contribution in [0, 0.1) is 5.92 Å². The van der Waals surface area contributed by atoms with Gasteiger partial charge in [-0.2, -0.15) is 5.10 Å². The maximum absolute atomic E-state index is 4.52. The molecule has 3 rings (SSSR count). The van der Waals surface area contributed by atoms with Crippen LogP contribution in [0.1, 0.15) is 31.9 Å². The minimum atomic E-state index is 0.351. The van der Waals surface area contributed by atoms with Crippen molar-refractivity contribution < 1.29 is 0 Å². The lowest BCUT2D eigenvalue weighted by molar-refractivity contribution is 0.537. The molecule has 0 spiro atoms. The van der Waals surface area contributed by atoms with Crippen LogP contribution < -0.4 is 5.32 Å². The summed E-state index contributed by atoms with van der Waals surface area (Å²) in [4.78, 5) is 4.52. The fraction of sp³-hybridized carbons (Fsp3) is 0.500. The molecule has 1 saturated heterocycles. The monoisotopic (exact) mass is 270 g/mol. The molecule has 2 aromatic rings. The molecule has 0 radical (unpaired) electrons. The zero-order chi connectivity index (χ0) is 13.9. The Balaban J connectivity index is 1.84. The van der Waals surface area contributed by atoms with Gasteiger partial charge in [0, 0.05) is 18.4 Å². The molecule has 0 saturated carbocycles. The average molecular weight is 270 g/mol. The number of nitrogens with zero attached hydrogens (tertiary/aromatic N) is 3. The highest BCUT2D eigenvalue weighted by Crippen LogP contribution is 2.22. The van der Waals surface area contributed by atoms with Crippen LogP contribution >= 0.6 is 0 Å². The Bertz CT molecular complexity index is 567. The summed E-state index contributed by atoms with van der Waals surface area (Å²) in [7, 11) is 0. The van der Waals surface area contributed by atoms with Gasteiger partial charge in [0.1, 0.15) is 0 Å². The van der Waals surface area contributed by atoms with Gasteiger partial charge in [0.05, 0.1) is 11.4 Å². The Morgan fingerprint density at radius 1 is 1.35 bits per heavy atom. The third kappa shape index (κ3) is 2.75. The minimum absolute atomic E-state index is 0.351. The van der Waals surface area contributed by atoms with E-state index in [1.54, 1.807) is 0 Å². The van der Waals surface area contributed by atoms with Crippen LogP contribution in [0.5, 0.6) is 0 Å². The molecule has 1 aliphatic heterocycles. The van der Waals surface area contributed by atoms with Crippen molar-refractivity contribution in [1.29, 1.82) is 0 Å². The molecular weight excluding hydrogens is 248 g/mol. The van der Waals surface area contributed by atoms with Crippen LogP contribution in [0.4, 0.5) is 0 Å². The summed E-state index contributed by atoms with van der Waals surface area (Å²) in [6.45, 7) is 6.58. The maximum Gasteiger partial charge on any atom is 0.0885 e. The molecule has 4 nitrogen and oxygen atoms in total. The summed E-state index contributed by atoms with van der Waals surface area (Å²) in [5.41, 5.74) is 3.51. The number of aromatic nitrogens is 3. The summed E-state index contributed by atoms with van der Waals surface area (Å²) in [6, 6.07) is 6.75. The smallest absolute Gasteiger partial charge is 0.0885 e. The van der Waals surface area contributed by atoms with Crippen molar-refractivity contribution in [2.24, 2.45) is 5.92 Å². The summed E-state index contributed by atoms with van der Waals surface area (Å²) in [5, 5.41) is 7.82. The standard InChI is InChI=1S/C16H22N4/c1-12(2)20-16(5-8-19-20)15-10-13(4-7-18-15)9-14-3-6-17-11-14/h4-5,7-8,10,12,14,17H,3,6,9,11H2,1-2H3/t14-/m1/s1. The van der Waals surface area contributed by atoms with Crippen LogP contribution in [0.2, 0.25) is 0 Å². The summed E-state index contributed by atoms with van der Waals surface area (Å²) < 4.78 is 2.03. The van der Waals surface area contributed by atoms with Crippen molar-refractivity contribution in [1.82, 2.24) is 20.1 Å². The second-order valence-corrected chi connectivity index (χ2v) is 5.87. The third-order valence-corrected chi connectivity index (χ3v) is 3.93. The summed E-state index contributed by atoms with van der Waals surface area (Å²) in [5.74, 6) is 0.764. The fourth-order valence-corrected chi connectivity index (χ4v) is 2.89. The van der Waals surface area contributed by atoms with E-state index in [4.69, 9.17) is 0 Å². The van der Waals surface area contributed by atoms with Crippen molar-refractivity contribution in [3.8, 4) is 11.4 Å². The second-order valence-electron chi connectivity index (χ2n) is 5.87. The summed E-state index contributed by atoms with van der Waals surface area (Å²) in [6.07, 6.45) is 6.19. The number of hydrogen-bond acceptors (Lipinski definition) is 3. The number of pyridine rings is 1. The van der Waals surface area contributed by atoms with E-state index in [0.717, 1.165) is 36.8 Å². The fourth-order valence-electron chi connectivity index (χ4n) is 2.89. The van der Waals surface area contributed by atoms with Gasteiger partial charge < -0.3 is 5.32 Å². The molecule has 0 bridgehead atoms. The van der Waals surface area contributed by atoms with Crippen molar-refractivity contribution >= 4 is 0 Å². The average Bonchev–Trinajstić information content (AvgIpc) is 3.09. The minimum Gasteiger partial charge on any atom is -0.316 e. The molecule has 1 atom stereocenters. The molecule has 0 unspecified atom stereocenters. The molecule has 3 heterocycles. The van der Waals surface area contributed by atoms with Gasteiger partial charge in [-0.3, -0.25) is 9.67 Å². The van der Waals surface area contributed by atoms with Gasteiger partial charge in [-0.25, -0.2) is 0 Å². The van der Waals surface area contributed by atoms with Crippen molar-refractivity contribution in [3.63, 3.8) is 0 Å². The van der Waals surface area contributed by atoms with Gasteiger partial charge in [0.2, 0.25) is 0 Å². The predicted molar refractivity (Wildman–Crippen MR) is 80.5 cm³/mol. The van der Waals surface area contributed by atoms with E-state index in [1.807, 2.05) is 23.1 Å². The lowest BCUT2D eigenvalue weighted by Gasteiger charge is -2.12. The molecule has 1 aliphatic rings. The largest absolute Gasteiger partial charge is 0.316 e. The molecule has 0 aliphatic carbocycles. The first-order chi connectivity index (χ1) is 9.74. The van der Waals surface area contributed by atoms with E-state index >= 15 is 0 Å². The number of hydrogen-bond donors (Lipinski definition) is 1. The second kappa shape index (κ2) is 5.75. The van der Waals surface area contributed by atoms with E-state index in [-0.39, 0.29) is 0 Å². The molecule has 4 heteroatoms. The van der Waals surface area contributed by atoms with Gasteiger partial charge in [-0.05, 0) is 69.5 Å². The zero-order valence-corrected chi connectivity index (χ0v) is 12.2. The van der Waals surface area contributed by atoms with E-state index in [9.17, 15) is 0 Å². The van der Waals surface area contributed by atoms with Crippen LogP contribution in [-0.2, 0) is 6.42 Å². The zero-order valence-electron chi connectivity index (χ0n) is 12.2. The van der Waals surface area contributed by atoms with Crippen LogP contribution in [0.25, 0.3) is 11.4 Å². The van der Waals surface area contributed by atoms with E-state index in [1.165, 1.54) is 12.0 Å². The highest BCUT2D eigenvalue weighted by molar-refractivity contribution is 5.55. The Morgan fingerprint density at radius 2 is 2.25 bits per heavy atom. The van der Waals surface area contributed by atoms with Gasteiger partial charge >= 0.3 is 0 Å². The SMILES string of the molecule is CC(C)n1nccc1-c1cc(C[C@H]2CCNC2)ccn1. The van der Waals surface area contributed by atoms with E-state index < -0.39 is 0 Å². The Morgan fingerprint density at radius 3 is 3.00 bits per heavy atom. The first-order valence-electron chi connectivity index (χ1n) is 7.43. The molecular formula is C16H22N4. The highest BCUT2D eigenvalue weighted by Gasteiger charge is 2.16. The first-order valence-corrected chi connectivity index (χ1v) is 7.43. The van der Waals surface area contributed by atoms with Gasteiger partial charge in [-0.15, -0.1) is 0 Å². The van der Waals surface area contributed by atoms with Crippen LogP contribution in [-0.4, -0.2) is 27.9 Å². The van der Waals surface area contributed by atoms with E-state index in [2.05, 4.69) is 41.4 Å². The number of nitrogens with one attached hydrogen (secondary N) is 1. The molecule has 0 aromatic carbocycles. The maximum atomic E-state index is 4.52. The summed E-state index contributed by atoms with van der Waals surface area (Å²) >= 11 is 0. The topological polar surface area (TPSA) is 42.7 Å². The molecule has 1 fully saturated rings. The Labute approximate surface area is 120 Å². The van der Waals surface area contributed by atoms with Gasteiger partial charge in [0.25, 0.3) is 0 Å². The van der Waals surface area contributed by atoms with Gasteiger partial charge in [0.15, 0.2) is 0 Å². The van der Waals surface area contributed by atoms with Crippen LogP contribution in [0.3, 0.4) is 0 Å². The van der Waals surface area contributed by atoms with Crippen molar-refractivity contribution in [2.45, 2.75) is 32.7 Å². The lowest BCUT2D eigenvalue weighted by atomic mass is 9.98. The predicted octanol–water partition coefficient (Wildman–Crippen LogP) is 2.68. The van der Waals surface area contributed by atoms with Gasteiger partial charge in [-0.1, -0.05) is 0 Å². The highest BCUT2D eigenvalue weighted by atomic mass is 15.3. The molecule has 1 N–H and O–H groups in total. The Kier molecular flexibility index (Phi) is 3.83. The van der Waals surface area contributed by atoms with Crippen molar-refractivity contribution in [2.75, 3.05) is 13.1 Å². The molecule has 20 heavy (non-hydrogen) atoms. The first kappa shape index (κ1) is 13.3. The molecule has 106 valence electrons. The van der Waals surface area contributed by atoms with E-state index in [0.29, 0.717) is 6.04 Å². The Hall–Kier alpha value is -1.68. The normalized spacial score (nSPS) is 18.9. The van der Waals surface area contributed by atoms with Crippen molar-refractivity contribution in [3.05, 3.63) is 36.2 Å². The number of rotatable bonds is 4. The quantitative estimate of drug-likeness (QED) is 0.929. The lowest BCUT2D eigenvalue weighted by Crippen LogP contribution is -2.11. The molecule has 2 aromatic heterocycles. The molecule has 0 amide bonds.